The van der Waals surface area contributed by atoms with Crippen molar-refractivity contribution in [2.75, 3.05) is 13.1 Å². The normalized spacial score (nSPS) is 24.0. The van der Waals surface area contributed by atoms with Crippen LogP contribution in [0.2, 0.25) is 0 Å². The van der Waals surface area contributed by atoms with Crippen LogP contribution in [0, 0.1) is 18.8 Å². The second kappa shape index (κ2) is 6.06. The first-order chi connectivity index (χ1) is 9.71. The highest BCUT2D eigenvalue weighted by Crippen LogP contribution is 2.30. The minimum Gasteiger partial charge on any atom is -0.481 e. The molecule has 2 rings (SSSR count). The van der Waals surface area contributed by atoms with Crippen LogP contribution >= 0.6 is 15.9 Å². The Morgan fingerprint density at radius 1 is 1.38 bits per heavy atom. The fourth-order valence-electron chi connectivity index (χ4n) is 2.63. The lowest BCUT2D eigenvalue weighted by Crippen LogP contribution is -2.45. The Hall–Kier alpha value is -0.920. The van der Waals surface area contributed by atoms with Crippen molar-refractivity contribution in [3.8, 4) is 0 Å². The predicted molar refractivity (Wildman–Crippen MR) is 82.5 cm³/mol. The molecule has 0 radical (unpaired) electrons. The zero-order valence-corrected chi connectivity index (χ0v) is 14.3. The molecular formula is C14H18BrNO4S. The van der Waals surface area contributed by atoms with Gasteiger partial charge in [-0.2, -0.15) is 4.31 Å². The van der Waals surface area contributed by atoms with Gasteiger partial charge in [-0.15, -0.1) is 0 Å². The Morgan fingerprint density at radius 2 is 2.05 bits per heavy atom. The van der Waals surface area contributed by atoms with Crippen LogP contribution in [0.25, 0.3) is 0 Å². The van der Waals surface area contributed by atoms with E-state index >= 15 is 0 Å². The third-order valence-electron chi connectivity index (χ3n) is 3.68. The molecule has 2 atom stereocenters. The van der Waals surface area contributed by atoms with Crippen LogP contribution in [0.3, 0.4) is 0 Å². The maximum atomic E-state index is 12.7. The maximum absolute atomic E-state index is 12.7. The van der Waals surface area contributed by atoms with Crippen LogP contribution in [0.15, 0.2) is 27.6 Å². The Labute approximate surface area is 133 Å². The Morgan fingerprint density at radius 3 is 2.62 bits per heavy atom. The van der Waals surface area contributed by atoms with Crippen LogP contribution in [0.4, 0.5) is 0 Å². The smallest absolute Gasteiger partial charge is 0.307 e. The van der Waals surface area contributed by atoms with Gasteiger partial charge >= 0.3 is 5.97 Å². The van der Waals surface area contributed by atoms with Crippen molar-refractivity contribution >= 4 is 31.9 Å². The van der Waals surface area contributed by atoms with Crippen molar-refractivity contribution in [2.24, 2.45) is 11.8 Å². The van der Waals surface area contributed by atoms with E-state index in [1.54, 1.807) is 18.2 Å². The summed E-state index contributed by atoms with van der Waals surface area (Å²) in [6.45, 7) is 4.14. The molecule has 0 spiro atoms. The quantitative estimate of drug-likeness (QED) is 0.880. The molecular weight excluding hydrogens is 358 g/mol. The number of carbonyl (C=O) groups is 1. The first kappa shape index (κ1) is 16.5. The number of carboxylic acid groups (broad SMARTS) is 1. The van der Waals surface area contributed by atoms with E-state index < -0.39 is 21.9 Å². The summed E-state index contributed by atoms with van der Waals surface area (Å²) >= 11 is 3.29. The van der Waals surface area contributed by atoms with Gasteiger partial charge in [-0.1, -0.05) is 13.0 Å². The zero-order valence-electron chi connectivity index (χ0n) is 11.9. The van der Waals surface area contributed by atoms with Crippen molar-refractivity contribution in [2.45, 2.75) is 25.2 Å². The molecule has 21 heavy (non-hydrogen) atoms. The molecule has 1 aliphatic heterocycles. The average Bonchev–Trinajstić information content (AvgIpc) is 2.37. The van der Waals surface area contributed by atoms with Crippen molar-refractivity contribution in [3.05, 3.63) is 28.2 Å². The van der Waals surface area contributed by atoms with Crippen molar-refractivity contribution in [1.82, 2.24) is 4.31 Å². The summed E-state index contributed by atoms with van der Waals surface area (Å²) in [6.07, 6.45) is 0.510. The standard InChI is InChI=1S/C14H18BrNO4S/c1-9-3-4-13(12(15)6-9)21(19,20)16-7-10(2)5-11(8-16)14(17)18/h3-4,6,10-11H,5,7-8H2,1-2H3,(H,17,18). The van der Waals surface area contributed by atoms with E-state index in [2.05, 4.69) is 15.9 Å². The van der Waals surface area contributed by atoms with Crippen LogP contribution in [0.5, 0.6) is 0 Å². The number of halogens is 1. The second-order valence-electron chi connectivity index (χ2n) is 5.63. The van der Waals surface area contributed by atoms with Gasteiger partial charge in [0.05, 0.1) is 10.8 Å². The maximum Gasteiger partial charge on any atom is 0.307 e. The Bertz CT molecular complexity index is 659. The third-order valence-corrected chi connectivity index (χ3v) is 6.49. The number of piperidine rings is 1. The highest BCUT2D eigenvalue weighted by Gasteiger charge is 2.36. The molecule has 2 unspecified atom stereocenters. The summed E-state index contributed by atoms with van der Waals surface area (Å²) in [7, 11) is -3.69. The van der Waals surface area contributed by atoms with E-state index in [1.807, 2.05) is 13.8 Å². The van der Waals surface area contributed by atoms with E-state index in [1.165, 1.54) is 4.31 Å². The fraction of sp³-hybridized carbons (Fsp3) is 0.500. The number of rotatable bonds is 3. The van der Waals surface area contributed by atoms with E-state index in [9.17, 15) is 18.3 Å². The van der Waals surface area contributed by atoms with Gasteiger partial charge in [-0.25, -0.2) is 8.42 Å². The number of aryl methyl sites for hydroxylation is 1. The lowest BCUT2D eigenvalue weighted by molar-refractivity contribution is -0.143. The predicted octanol–water partition coefficient (Wildman–Crippen LogP) is 2.49. The number of hydrogen-bond donors (Lipinski definition) is 1. The summed E-state index contributed by atoms with van der Waals surface area (Å²) in [4.78, 5) is 11.4. The number of carboxylic acids is 1. The summed E-state index contributed by atoms with van der Waals surface area (Å²) in [5, 5.41) is 9.17. The number of sulfonamides is 1. The molecule has 1 aromatic carbocycles. The lowest BCUT2D eigenvalue weighted by Gasteiger charge is -2.33. The Kier molecular flexibility index (Phi) is 4.75. The molecule has 0 aliphatic carbocycles. The van der Waals surface area contributed by atoms with Crippen LogP contribution in [-0.2, 0) is 14.8 Å². The Balaban J connectivity index is 2.36. The highest BCUT2D eigenvalue weighted by atomic mass is 79.9. The van der Waals surface area contributed by atoms with Gasteiger partial charge in [0, 0.05) is 17.6 Å². The van der Waals surface area contributed by atoms with Gasteiger partial charge in [0.25, 0.3) is 0 Å². The van der Waals surface area contributed by atoms with E-state index in [0.29, 0.717) is 17.4 Å². The molecule has 1 aliphatic rings. The third kappa shape index (κ3) is 3.46. The van der Waals surface area contributed by atoms with Gasteiger partial charge in [0.15, 0.2) is 0 Å². The number of nitrogens with zero attached hydrogens (tertiary/aromatic N) is 1. The molecule has 0 aromatic heterocycles. The van der Waals surface area contributed by atoms with Crippen LogP contribution < -0.4 is 0 Å². The van der Waals surface area contributed by atoms with Gasteiger partial charge < -0.3 is 5.11 Å². The van der Waals surface area contributed by atoms with Crippen molar-refractivity contribution in [1.29, 1.82) is 0 Å². The SMILES string of the molecule is Cc1ccc(S(=O)(=O)N2CC(C)CC(C(=O)O)C2)c(Br)c1. The summed E-state index contributed by atoms with van der Waals surface area (Å²) < 4.78 is 27.3. The molecule has 5 nitrogen and oxygen atoms in total. The van der Waals surface area contributed by atoms with Gasteiger partial charge in [-0.3, -0.25) is 4.79 Å². The fourth-order valence-corrected chi connectivity index (χ4v) is 5.39. The summed E-state index contributed by atoms with van der Waals surface area (Å²) in [5.74, 6) is -1.56. The minimum atomic E-state index is -3.69. The van der Waals surface area contributed by atoms with Crippen molar-refractivity contribution in [3.63, 3.8) is 0 Å². The van der Waals surface area contributed by atoms with Gasteiger partial charge in [-0.05, 0) is 52.9 Å². The van der Waals surface area contributed by atoms with Gasteiger partial charge in [0.2, 0.25) is 10.0 Å². The lowest BCUT2D eigenvalue weighted by atomic mass is 9.92. The number of benzene rings is 1. The molecule has 1 aromatic rings. The van der Waals surface area contributed by atoms with Crippen molar-refractivity contribution < 1.29 is 18.3 Å². The topological polar surface area (TPSA) is 74.7 Å². The van der Waals surface area contributed by atoms with Crippen LogP contribution in [-0.4, -0.2) is 36.9 Å². The largest absolute Gasteiger partial charge is 0.481 e. The zero-order chi connectivity index (χ0) is 15.8. The molecule has 7 heteroatoms. The molecule has 1 fully saturated rings. The molecule has 1 N–H and O–H groups in total. The highest BCUT2D eigenvalue weighted by molar-refractivity contribution is 9.10. The summed E-state index contributed by atoms with van der Waals surface area (Å²) in [5.41, 5.74) is 0.955. The van der Waals surface area contributed by atoms with Crippen LogP contribution in [0.1, 0.15) is 18.9 Å². The number of hydrogen-bond acceptors (Lipinski definition) is 3. The summed E-state index contributed by atoms with van der Waals surface area (Å²) in [6, 6.07) is 5.04. The van der Waals surface area contributed by atoms with E-state index in [0.717, 1.165) is 5.56 Å². The second-order valence-corrected chi connectivity index (χ2v) is 8.39. The monoisotopic (exact) mass is 375 g/mol. The molecule has 0 bridgehead atoms. The molecule has 0 saturated carbocycles. The molecule has 1 heterocycles. The first-order valence-corrected chi connectivity index (χ1v) is 8.94. The van der Waals surface area contributed by atoms with E-state index in [-0.39, 0.29) is 17.4 Å². The molecule has 1 saturated heterocycles. The number of aliphatic carboxylic acids is 1. The van der Waals surface area contributed by atoms with Gasteiger partial charge in [0.1, 0.15) is 0 Å². The minimum absolute atomic E-state index is 0.0267. The van der Waals surface area contributed by atoms with E-state index in [4.69, 9.17) is 0 Å². The molecule has 0 amide bonds. The average molecular weight is 376 g/mol. The first-order valence-electron chi connectivity index (χ1n) is 6.71. The molecule has 116 valence electrons.